The highest BCUT2D eigenvalue weighted by molar-refractivity contribution is 9.10. The minimum absolute atomic E-state index is 0.183. The maximum absolute atomic E-state index is 12.9. The van der Waals surface area contributed by atoms with Crippen molar-refractivity contribution in [2.45, 2.75) is 36.2 Å². The SMILES string of the molecule is O=C1CCCC2=C1C(c1ccc(Br)cc1)n1nc(SCc3ccccc3Cl)nc1N2. The van der Waals surface area contributed by atoms with Gasteiger partial charge in [-0.3, -0.25) is 4.79 Å². The van der Waals surface area contributed by atoms with E-state index in [0.717, 1.165) is 44.7 Å². The Morgan fingerprint density at radius 2 is 1.97 bits per heavy atom. The van der Waals surface area contributed by atoms with Crippen LogP contribution in [0.3, 0.4) is 0 Å². The van der Waals surface area contributed by atoms with Gasteiger partial charge in [-0.25, -0.2) is 4.68 Å². The number of carbonyl (C=O) groups excluding carboxylic acids is 1. The van der Waals surface area contributed by atoms with Crippen molar-refractivity contribution in [3.63, 3.8) is 0 Å². The van der Waals surface area contributed by atoms with Crippen LogP contribution in [-0.2, 0) is 10.5 Å². The molecule has 1 aliphatic heterocycles. The van der Waals surface area contributed by atoms with E-state index in [-0.39, 0.29) is 11.8 Å². The fourth-order valence-electron chi connectivity index (χ4n) is 3.91. The van der Waals surface area contributed by atoms with E-state index in [0.29, 0.717) is 23.3 Å². The van der Waals surface area contributed by atoms with E-state index in [9.17, 15) is 4.79 Å². The van der Waals surface area contributed by atoms with Crippen LogP contribution < -0.4 is 5.32 Å². The van der Waals surface area contributed by atoms with E-state index in [1.54, 1.807) is 0 Å². The Labute approximate surface area is 192 Å². The Bertz CT molecular complexity index is 1160. The summed E-state index contributed by atoms with van der Waals surface area (Å²) < 4.78 is 2.85. The van der Waals surface area contributed by atoms with Crippen LogP contribution in [0.4, 0.5) is 5.95 Å². The smallest absolute Gasteiger partial charge is 0.227 e. The summed E-state index contributed by atoms with van der Waals surface area (Å²) in [5.41, 5.74) is 3.85. The van der Waals surface area contributed by atoms with Crippen LogP contribution in [0.5, 0.6) is 0 Å². The van der Waals surface area contributed by atoms with Crippen molar-refractivity contribution < 1.29 is 4.79 Å². The summed E-state index contributed by atoms with van der Waals surface area (Å²) >= 11 is 11.3. The molecular weight excluding hydrogens is 484 g/mol. The lowest BCUT2D eigenvalue weighted by Crippen LogP contribution is -2.31. The monoisotopic (exact) mass is 500 g/mol. The molecular formula is C22H18BrClN4OS. The van der Waals surface area contributed by atoms with Crippen molar-refractivity contribution in [3.8, 4) is 0 Å². The van der Waals surface area contributed by atoms with Crippen molar-refractivity contribution in [2.75, 3.05) is 5.32 Å². The number of fused-ring (bicyclic) bond motifs is 1. The number of rotatable bonds is 4. The lowest BCUT2D eigenvalue weighted by molar-refractivity contribution is -0.116. The van der Waals surface area contributed by atoms with Gasteiger partial charge in [0.15, 0.2) is 5.78 Å². The summed E-state index contributed by atoms with van der Waals surface area (Å²) in [6, 6.07) is 15.6. The van der Waals surface area contributed by atoms with Gasteiger partial charge in [0.1, 0.15) is 6.04 Å². The second-order valence-corrected chi connectivity index (χ2v) is 9.56. The normalized spacial score (nSPS) is 18.1. The number of nitrogens with one attached hydrogen (secondary N) is 1. The predicted octanol–water partition coefficient (Wildman–Crippen LogP) is 6.01. The molecule has 2 heterocycles. The molecule has 2 aliphatic rings. The standard InChI is InChI=1S/C22H18BrClN4OS/c23-15-10-8-13(9-11-15)20-19-17(6-3-7-18(19)29)25-21-26-22(27-28(20)21)30-12-14-4-1-2-5-16(14)24/h1-2,4-5,8-11,20H,3,6-7,12H2,(H,25,26,27). The van der Waals surface area contributed by atoms with Gasteiger partial charge >= 0.3 is 0 Å². The molecule has 1 aromatic heterocycles. The number of anilines is 1. The molecule has 1 N–H and O–H groups in total. The van der Waals surface area contributed by atoms with E-state index >= 15 is 0 Å². The first kappa shape index (κ1) is 19.8. The van der Waals surface area contributed by atoms with Crippen LogP contribution in [0.1, 0.15) is 36.4 Å². The first-order chi connectivity index (χ1) is 14.6. The third-order valence-corrected chi connectivity index (χ3v) is 7.13. The first-order valence-corrected chi connectivity index (χ1v) is 11.9. The maximum Gasteiger partial charge on any atom is 0.227 e. The number of carbonyl (C=O) groups is 1. The van der Waals surface area contributed by atoms with Gasteiger partial charge in [0.2, 0.25) is 11.1 Å². The van der Waals surface area contributed by atoms with Crippen molar-refractivity contribution in [3.05, 3.63) is 80.4 Å². The summed E-state index contributed by atoms with van der Waals surface area (Å²) in [6.45, 7) is 0. The quantitative estimate of drug-likeness (QED) is 0.444. The molecule has 5 nitrogen and oxygen atoms in total. The van der Waals surface area contributed by atoms with Crippen molar-refractivity contribution in [1.82, 2.24) is 14.8 Å². The second kappa shape index (κ2) is 8.21. The molecule has 3 aromatic rings. The number of nitrogens with zero attached hydrogens (tertiary/aromatic N) is 3. The number of hydrogen-bond donors (Lipinski definition) is 1. The molecule has 2 aromatic carbocycles. The zero-order valence-electron chi connectivity index (χ0n) is 15.9. The number of allylic oxidation sites excluding steroid dienone is 2. The van der Waals surface area contributed by atoms with E-state index < -0.39 is 0 Å². The Morgan fingerprint density at radius 1 is 1.17 bits per heavy atom. The highest BCUT2D eigenvalue weighted by atomic mass is 79.9. The maximum atomic E-state index is 12.9. The van der Waals surface area contributed by atoms with E-state index in [4.69, 9.17) is 21.7 Å². The van der Waals surface area contributed by atoms with Gasteiger partial charge in [-0.15, -0.1) is 5.10 Å². The summed E-state index contributed by atoms with van der Waals surface area (Å²) in [4.78, 5) is 17.6. The molecule has 0 radical (unpaired) electrons. The number of aromatic nitrogens is 3. The molecule has 30 heavy (non-hydrogen) atoms. The van der Waals surface area contributed by atoms with E-state index in [1.807, 2.05) is 53.2 Å². The largest absolute Gasteiger partial charge is 0.328 e. The van der Waals surface area contributed by atoms with Crippen molar-refractivity contribution >= 4 is 51.0 Å². The first-order valence-electron chi connectivity index (χ1n) is 9.71. The summed E-state index contributed by atoms with van der Waals surface area (Å²) in [7, 11) is 0. The third kappa shape index (κ3) is 3.70. The molecule has 0 spiro atoms. The third-order valence-electron chi connectivity index (χ3n) is 5.35. The fraction of sp³-hybridized carbons (Fsp3) is 0.227. The van der Waals surface area contributed by atoms with Gasteiger partial charge in [0, 0.05) is 32.9 Å². The van der Waals surface area contributed by atoms with Crippen LogP contribution in [0.25, 0.3) is 0 Å². The molecule has 5 rings (SSSR count). The van der Waals surface area contributed by atoms with Crippen LogP contribution in [0, 0.1) is 0 Å². The molecule has 1 atom stereocenters. The van der Waals surface area contributed by atoms with Crippen LogP contribution in [0.2, 0.25) is 5.02 Å². The number of hydrogen-bond acceptors (Lipinski definition) is 5. The zero-order chi connectivity index (χ0) is 20.7. The molecule has 1 aliphatic carbocycles. The second-order valence-electron chi connectivity index (χ2n) is 7.29. The van der Waals surface area contributed by atoms with Gasteiger partial charge in [0.05, 0.1) is 0 Å². The van der Waals surface area contributed by atoms with Crippen molar-refractivity contribution in [2.24, 2.45) is 0 Å². The summed E-state index contributed by atoms with van der Waals surface area (Å²) in [5.74, 6) is 1.54. The Hall–Kier alpha value is -2.09. The minimum atomic E-state index is -0.265. The molecule has 0 fully saturated rings. The summed E-state index contributed by atoms with van der Waals surface area (Å²) in [5, 5.41) is 9.53. The molecule has 0 saturated carbocycles. The molecule has 8 heteroatoms. The number of ketones is 1. The van der Waals surface area contributed by atoms with Gasteiger partial charge in [-0.1, -0.05) is 69.6 Å². The molecule has 0 bridgehead atoms. The molecule has 152 valence electrons. The van der Waals surface area contributed by atoms with Gasteiger partial charge in [0.25, 0.3) is 0 Å². The van der Waals surface area contributed by atoms with Crippen LogP contribution >= 0.6 is 39.3 Å². The molecule has 0 amide bonds. The van der Waals surface area contributed by atoms with Crippen LogP contribution in [0.15, 0.2) is 69.4 Å². The minimum Gasteiger partial charge on any atom is -0.328 e. The Kier molecular flexibility index (Phi) is 5.43. The number of halogens is 2. The topological polar surface area (TPSA) is 59.8 Å². The highest BCUT2D eigenvalue weighted by Crippen LogP contribution is 2.41. The lowest BCUT2D eigenvalue weighted by Gasteiger charge is -2.32. The van der Waals surface area contributed by atoms with E-state index in [1.165, 1.54) is 11.8 Å². The number of benzene rings is 2. The zero-order valence-corrected chi connectivity index (χ0v) is 19.1. The highest BCUT2D eigenvalue weighted by Gasteiger charge is 2.36. The van der Waals surface area contributed by atoms with E-state index in [2.05, 4.69) is 21.2 Å². The van der Waals surface area contributed by atoms with Gasteiger partial charge in [-0.05, 0) is 42.2 Å². The average Bonchev–Trinajstić information content (AvgIpc) is 3.15. The van der Waals surface area contributed by atoms with Gasteiger partial charge in [-0.2, -0.15) is 4.98 Å². The van der Waals surface area contributed by atoms with Gasteiger partial charge < -0.3 is 5.32 Å². The van der Waals surface area contributed by atoms with Crippen molar-refractivity contribution in [1.29, 1.82) is 0 Å². The molecule has 0 saturated heterocycles. The predicted molar refractivity (Wildman–Crippen MR) is 123 cm³/mol. The number of thioether (sulfide) groups is 1. The van der Waals surface area contributed by atoms with Crippen LogP contribution in [-0.4, -0.2) is 20.5 Å². The lowest BCUT2D eigenvalue weighted by atomic mass is 9.85. The number of Topliss-reactive ketones (excluding diaryl/α,β-unsaturated/α-hetero) is 1. The summed E-state index contributed by atoms with van der Waals surface area (Å²) in [6.07, 6.45) is 2.29. The fourth-order valence-corrected chi connectivity index (χ4v) is 5.29. The average molecular weight is 502 g/mol. The Morgan fingerprint density at radius 3 is 2.77 bits per heavy atom. The Balaban J connectivity index is 1.51. The molecule has 1 unspecified atom stereocenters.